The van der Waals surface area contributed by atoms with Crippen LogP contribution < -0.4 is 5.32 Å². The van der Waals surface area contributed by atoms with Crippen molar-refractivity contribution in [2.24, 2.45) is 4.99 Å². The van der Waals surface area contributed by atoms with E-state index in [9.17, 15) is 0 Å². The predicted octanol–water partition coefficient (Wildman–Crippen LogP) is 3.91. The van der Waals surface area contributed by atoms with Crippen molar-refractivity contribution in [3.63, 3.8) is 0 Å². The van der Waals surface area contributed by atoms with Gasteiger partial charge in [-0.2, -0.15) is 11.8 Å². The van der Waals surface area contributed by atoms with Crippen LogP contribution in [0, 0.1) is 0 Å². The van der Waals surface area contributed by atoms with Gasteiger partial charge in [-0.15, -0.1) is 24.0 Å². The number of hydrogen-bond acceptors (Lipinski definition) is 4. The van der Waals surface area contributed by atoms with Crippen LogP contribution >= 0.6 is 35.7 Å². The summed E-state index contributed by atoms with van der Waals surface area (Å²) in [6.07, 6.45) is 10.5. The third-order valence-corrected chi connectivity index (χ3v) is 7.27. The number of aliphatic imine (C=N–C) groups is 1. The number of halogens is 1. The van der Waals surface area contributed by atoms with Gasteiger partial charge in [0.25, 0.3) is 0 Å². The number of guanidine groups is 1. The summed E-state index contributed by atoms with van der Waals surface area (Å²) in [7, 11) is 0. The Labute approximate surface area is 186 Å². The normalized spacial score (nSPS) is 23.9. The van der Waals surface area contributed by atoms with Gasteiger partial charge in [-0.05, 0) is 39.0 Å². The standard InChI is InChI=1S/C20H37N3O2S.HI/c1-2-21-19(22-11-6-13-25-18-7-14-24-15-8-18)23-12-16-26-20(17-23)9-4-3-5-10-20;/h18H,2-17H2,1H3,(H,21,22);1H. The Bertz CT molecular complexity index is 435. The maximum atomic E-state index is 5.97. The molecule has 5 nitrogen and oxygen atoms in total. The molecule has 1 N–H and O–H groups in total. The number of ether oxygens (including phenoxy) is 2. The van der Waals surface area contributed by atoms with Gasteiger partial charge in [-0.1, -0.05) is 19.3 Å². The van der Waals surface area contributed by atoms with Crippen LogP contribution in [0.25, 0.3) is 0 Å². The van der Waals surface area contributed by atoms with Crippen LogP contribution in [0.5, 0.6) is 0 Å². The fraction of sp³-hybridized carbons (Fsp3) is 0.950. The van der Waals surface area contributed by atoms with E-state index in [0.29, 0.717) is 10.9 Å². The minimum Gasteiger partial charge on any atom is -0.381 e. The van der Waals surface area contributed by atoms with Gasteiger partial charge in [0, 0.05) is 56.5 Å². The zero-order valence-electron chi connectivity index (χ0n) is 16.9. The van der Waals surface area contributed by atoms with Gasteiger partial charge in [-0.25, -0.2) is 0 Å². The zero-order chi connectivity index (χ0) is 18.1. The minimum atomic E-state index is 0. The Kier molecular flexibility index (Phi) is 11.1. The van der Waals surface area contributed by atoms with E-state index < -0.39 is 0 Å². The largest absolute Gasteiger partial charge is 0.381 e. The summed E-state index contributed by atoms with van der Waals surface area (Å²) >= 11 is 2.22. The van der Waals surface area contributed by atoms with Crippen LogP contribution in [0.2, 0.25) is 0 Å². The lowest BCUT2D eigenvalue weighted by Gasteiger charge is -2.45. The molecule has 1 spiro atoms. The molecule has 2 aliphatic heterocycles. The summed E-state index contributed by atoms with van der Waals surface area (Å²) in [5, 5.41) is 3.52. The highest BCUT2D eigenvalue weighted by Gasteiger charge is 2.38. The second kappa shape index (κ2) is 12.8. The molecule has 0 aromatic rings. The highest BCUT2D eigenvalue weighted by Crippen LogP contribution is 2.42. The van der Waals surface area contributed by atoms with Crippen molar-refractivity contribution < 1.29 is 9.47 Å². The molecule has 1 saturated carbocycles. The molecule has 0 atom stereocenters. The number of rotatable bonds is 6. The van der Waals surface area contributed by atoms with Gasteiger partial charge < -0.3 is 19.7 Å². The van der Waals surface area contributed by atoms with Crippen LogP contribution in [0.15, 0.2) is 4.99 Å². The van der Waals surface area contributed by atoms with Crippen molar-refractivity contribution in [1.29, 1.82) is 0 Å². The van der Waals surface area contributed by atoms with Gasteiger partial charge in [0.15, 0.2) is 5.96 Å². The van der Waals surface area contributed by atoms with E-state index >= 15 is 0 Å². The molecule has 0 unspecified atom stereocenters. The van der Waals surface area contributed by atoms with Gasteiger partial charge in [0.2, 0.25) is 0 Å². The number of nitrogens with one attached hydrogen (secondary N) is 1. The fourth-order valence-corrected chi connectivity index (χ4v) is 5.86. The maximum Gasteiger partial charge on any atom is 0.193 e. The van der Waals surface area contributed by atoms with Crippen LogP contribution in [-0.4, -0.2) is 73.5 Å². The van der Waals surface area contributed by atoms with Crippen molar-refractivity contribution in [2.75, 3.05) is 51.8 Å². The van der Waals surface area contributed by atoms with Crippen LogP contribution in [0.3, 0.4) is 0 Å². The lowest BCUT2D eigenvalue weighted by atomic mass is 9.87. The summed E-state index contributed by atoms with van der Waals surface area (Å²) in [4.78, 5) is 7.43. The Morgan fingerprint density at radius 1 is 1.26 bits per heavy atom. The molecule has 1 aliphatic carbocycles. The highest BCUT2D eigenvalue weighted by atomic mass is 127. The van der Waals surface area contributed by atoms with Crippen molar-refractivity contribution >= 4 is 41.7 Å². The number of nitrogens with zero attached hydrogens (tertiary/aromatic N) is 2. The van der Waals surface area contributed by atoms with E-state index in [1.807, 2.05) is 0 Å². The maximum absolute atomic E-state index is 5.97. The third kappa shape index (κ3) is 7.55. The average molecular weight is 512 g/mol. The molecule has 3 fully saturated rings. The SMILES string of the molecule is CCNC(=NCCCOC1CCOCC1)N1CCSC2(CCCCC2)C1.I. The molecule has 0 radical (unpaired) electrons. The number of thioether (sulfide) groups is 1. The van der Waals surface area contributed by atoms with E-state index in [1.54, 1.807) is 0 Å². The monoisotopic (exact) mass is 511 g/mol. The molecule has 27 heavy (non-hydrogen) atoms. The molecule has 3 rings (SSSR count). The smallest absolute Gasteiger partial charge is 0.193 e. The zero-order valence-corrected chi connectivity index (χ0v) is 20.1. The third-order valence-electron chi connectivity index (χ3n) is 5.73. The molecule has 0 aromatic carbocycles. The molecule has 3 aliphatic rings. The first-order valence-corrected chi connectivity index (χ1v) is 11.7. The summed E-state index contributed by atoms with van der Waals surface area (Å²) in [5.74, 6) is 2.35. The first-order chi connectivity index (χ1) is 12.8. The fourth-order valence-electron chi connectivity index (χ4n) is 4.29. The second-order valence-corrected chi connectivity index (χ2v) is 9.35. The molecule has 2 heterocycles. The molecule has 0 amide bonds. The highest BCUT2D eigenvalue weighted by molar-refractivity contribution is 14.0. The predicted molar refractivity (Wildman–Crippen MR) is 126 cm³/mol. The molecule has 0 bridgehead atoms. The summed E-state index contributed by atoms with van der Waals surface area (Å²) in [6.45, 7) is 8.76. The Hall–Kier alpha value is 0.270. The molecule has 158 valence electrons. The Morgan fingerprint density at radius 2 is 2.04 bits per heavy atom. The number of hydrogen-bond donors (Lipinski definition) is 1. The second-order valence-electron chi connectivity index (χ2n) is 7.79. The first-order valence-electron chi connectivity index (χ1n) is 10.7. The summed E-state index contributed by atoms with van der Waals surface area (Å²) in [6, 6.07) is 0. The van der Waals surface area contributed by atoms with E-state index in [1.165, 1.54) is 44.4 Å². The quantitative estimate of drug-likeness (QED) is 0.254. The van der Waals surface area contributed by atoms with Crippen LogP contribution in [-0.2, 0) is 9.47 Å². The Balaban J connectivity index is 0.00000261. The molecule has 2 saturated heterocycles. The van der Waals surface area contributed by atoms with Gasteiger partial charge in [-0.3, -0.25) is 4.99 Å². The lowest BCUT2D eigenvalue weighted by Crippen LogP contribution is -2.53. The van der Waals surface area contributed by atoms with Gasteiger partial charge >= 0.3 is 0 Å². The van der Waals surface area contributed by atoms with Crippen molar-refractivity contribution in [1.82, 2.24) is 10.2 Å². The Morgan fingerprint density at radius 3 is 2.78 bits per heavy atom. The first kappa shape index (κ1) is 23.5. The van der Waals surface area contributed by atoms with Crippen molar-refractivity contribution in [2.45, 2.75) is 69.1 Å². The van der Waals surface area contributed by atoms with E-state index in [0.717, 1.165) is 64.7 Å². The summed E-state index contributed by atoms with van der Waals surface area (Å²) in [5.41, 5.74) is 0. The molecule has 0 aromatic heterocycles. The van der Waals surface area contributed by atoms with E-state index in [4.69, 9.17) is 14.5 Å². The minimum absolute atomic E-state index is 0. The van der Waals surface area contributed by atoms with Crippen LogP contribution in [0.4, 0.5) is 0 Å². The molecule has 7 heteroatoms. The average Bonchev–Trinajstić information content (AvgIpc) is 2.68. The van der Waals surface area contributed by atoms with Crippen LogP contribution in [0.1, 0.15) is 58.3 Å². The van der Waals surface area contributed by atoms with Gasteiger partial charge in [0.1, 0.15) is 0 Å². The lowest BCUT2D eigenvalue weighted by molar-refractivity contribution is -0.0318. The summed E-state index contributed by atoms with van der Waals surface area (Å²) < 4.78 is 11.8. The topological polar surface area (TPSA) is 46.1 Å². The van der Waals surface area contributed by atoms with Crippen molar-refractivity contribution in [3.05, 3.63) is 0 Å². The van der Waals surface area contributed by atoms with Gasteiger partial charge in [0.05, 0.1) is 6.10 Å². The van der Waals surface area contributed by atoms with Crippen molar-refractivity contribution in [3.8, 4) is 0 Å². The van der Waals surface area contributed by atoms with E-state index in [-0.39, 0.29) is 24.0 Å². The molecular formula is C20H38IN3O2S. The molecular weight excluding hydrogens is 473 g/mol. The van der Waals surface area contributed by atoms with E-state index in [2.05, 4.69) is 28.9 Å².